The highest BCUT2D eigenvalue weighted by molar-refractivity contribution is 6.03. The number of benzene rings is 1. The van der Waals surface area contributed by atoms with Crippen LogP contribution in [-0.4, -0.2) is 60.5 Å². The van der Waals surface area contributed by atoms with Crippen LogP contribution in [0, 0.1) is 12.8 Å². The largest absolute Gasteiger partial charge is 0.370 e. The van der Waals surface area contributed by atoms with Crippen LogP contribution in [0.4, 0.5) is 17.2 Å². The monoisotopic (exact) mass is 396 g/mol. The van der Waals surface area contributed by atoms with Crippen LogP contribution in [0.25, 0.3) is 0 Å². The molecule has 1 aliphatic heterocycles. The van der Waals surface area contributed by atoms with Crippen molar-refractivity contribution in [2.24, 2.45) is 5.92 Å². The summed E-state index contributed by atoms with van der Waals surface area (Å²) in [5.74, 6) is 1.65. The number of likely N-dealkylation sites (N-methyl/N-ethyl adjacent to an activating group) is 1. The topological polar surface area (TPSA) is 73.4 Å². The van der Waals surface area contributed by atoms with Gasteiger partial charge >= 0.3 is 0 Å². The van der Waals surface area contributed by atoms with Crippen molar-refractivity contribution in [1.29, 1.82) is 0 Å². The molecule has 2 aromatic rings. The van der Waals surface area contributed by atoms with E-state index in [9.17, 15) is 4.79 Å². The smallest absolute Gasteiger partial charge is 0.274 e. The minimum atomic E-state index is -0.227. The molecule has 2 heterocycles. The number of hydrogen-bond acceptors (Lipinski definition) is 6. The minimum Gasteiger partial charge on any atom is -0.370 e. The molecule has 0 aliphatic carbocycles. The summed E-state index contributed by atoms with van der Waals surface area (Å²) in [6.07, 6.45) is 1.05. The highest BCUT2D eigenvalue weighted by Gasteiger charge is 2.15. The summed E-state index contributed by atoms with van der Waals surface area (Å²) >= 11 is 0. The van der Waals surface area contributed by atoms with Gasteiger partial charge in [-0.3, -0.25) is 4.79 Å². The van der Waals surface area contributed by atoms with E-state index in [0.29, 0.717) is 23.3 Å². The average Bonchev–Trinajstić information content (AvgIpc) is 2.68. The Bertz CT molecular complexity index is 813. The zero-order valence-electron chi connectivity index (χ0n) is 17.9. The Morgan fingerprint density at radius 3 is 2.45 bits per heavy atom. The molecular formula is C22H32N6O. The lowest BCUT2D eigenvalue weighted by Gasteiger charge is -2.34. The zero-order valence-corrected chi connectivity index (χ0v) is 17.9. The summed E-state index contributed by atoms with van der Waals surface area (Å²) in [6, 6.07) is 9.72. The number of aromatic nitrogens is 2. The number of amides is 1. The first-order valence-corrected chi connectivity index (χ1v) is 10.3. The number of nitrogens with zero attached hydrogens (tertiary/aromatic N) is 4. The SMILES string of the molecule is Cc1nc(NCCC(C)C)cc(C(=O)Nc2ccc(N3CCN(C)CC3)cc2)n1. The van der Waals surface area contributed by atoms with Gasteiger partial charge in [-0.25, -0.2) is 9.97 Å². The molecule has 1 fully saturated rings. The lowest BCUT2D eigenvalue weighted by molar-refractivity contribution is 0.102. The molecule has 1 aliphatic rings. The van der Waals surface area contributed by atoms with Crippen LogP contribution in [0.1, 0.15) is 36.6 Å². The van der Waals surface area contributed by atoms with Crippen molar-refractivity contribution in [2.75, 3.05) is 55.3 Å². The molecule has 3 rings (SSSR count). The van der Waals surface area contributed by atoms with E-state index < -0.39 is 0 Å². The number of hydrogen-bond donors (Lipinski definition) is 2. The Morgan fingerprint density at radius 1 is 1.10 bits per heavy atom. The lowest BCUT2D eigenvalue weighted by atomic mass is 10.1. The second-order valence-electron chi connectivity index (χ2n) is 8.09. The van der Waals surface area contributed by atoms with E-state index in [1.54, 1.807) is 13.0 Å². The maximum absolute atomic E-state index is 12.7. The van der Waals surface area contributed by atoms with Gasteiger partial charge in [-0.2, -0.15) is 0 Å². The Hall–Kier alpha value is -2.67. The second-order valence-corrected chi connectivity index (χ2v) is 8.09. The van der Waals surface area contributed by atoms with Gasteiger partial charge < -0.3 is 20.4 Å². The lowest BCUT2D eigenvalue weighted by Crippen LogP contribution is -2.44. The van der Waals surface area contributed by atoms with Gasteiger partial charge in [0.2, 0.25) is 0 Å². The fourth-order valence-electron chi connectivity index (χ4n) is 3.28. The van der Waals surface area contributed by atoms with Crippen LogP contribution < -0.4 is 15.5 Å². The molecular weight excluding hydrogens is 364 g/mol. The van der Waals surface area contributed by atoms with E-state index in [-0.39, 0.29) is 5.91 Å². The predicted octanol–water partition coefficient (Wildman–Crippen LogP) is 3.25. The quantitative estimate of drug-likeness (QED) is 0.748. The van der Waals surface area contributed by atoms with Crippen LogP contribution in [-0.2, 0) is 0 Å². The van der Waals surface area contributed by atoms with Crippen LogP contribution >= 0.6 is 0 Å². The van der Waals surface area contributed by atoms with Crippen molar-refractivity contribution in [3.8, 4) is 0 Å². The first-order valence-electron chi connectivity index (χ1n) is 10.3. The first-order chi connectivity index (χ1) is 13.9. The van der Waals surface area contributed by atoms with Gasteiger partial charge in [0.1, 0.15) is 17.3 Å². The molecule has 0 spiro atoms. The highest BCUT2D eigenvalue weighted by Crippen LogP contribution is 2.20. The number of anilines is 3. The highest BCUT2D eigenvalue weighted by atomic mass is 16.1. The summed E-state index contributed by atoms with van der Waals surface area (Å²) in [6.45, 7) is 11.2. The normalized spacial score (nSPS) is 14.9. The van der Waals surface area contributed by atoms with Gasteiger partial charge in [-0.05, 0) is 50.6 Å². The molecule has 7 heteroatoms. The van der Waals surface area contributed by atoms with Gasteiger partial charge in [0.15, 0.2) is 0 Å². The van der Waals surface area contributed by atoms with E-state index in [1.165, 1.54) is 5.69 Å². The van der Waals surface area contributed by atoms with Gasteiger partial charge in [0.05, 0.1) is 0 Å². The summed E-state index contributed by atoms with van der Waals surface area (Å²) in [7, 11) is 2.15. The average molecular weight is 397 g/mol. The summed E-state index contributed by atoms with van der Waals surface area (Å²) in [5, 5.41) is 6.22. The van der Waals surface area contributed by atoms with Gasteiger partial charge in [0.25, 0.3) is 5.91 Å². The van der Waals surface area contributed by atoms with Crippen LogP contribution in [0.15, 0.2) is 30.3 Å². The standard InChI is InChI=1S/C22H32N6O/c1-16(2)9-10-23-21-15-20(24-17(3)25-21)22(29)26-18-5-7-19(8-6-18)28-13-11-27(4)12-14-28/h5-8,15-16H,9-14H2,1-4H3,(H,26,29)(H,23,24,25). The molecule has 0 unspecified atom stereocenters. The molecule has 1 amide bonds. The molecule has 1 saturated heterocycles. The number of carbonyl (C=O) groups excluding carboxylic acids is 1. The summed E-state index contributed by atoms with van der Waals surface area (Å²) in [5.41, 5.74) is 2.32. The number of carbonyl (C=O) groups is 1. The van der Waals surface area contributed by atoms with Crippen molar-refractivity contribution >= 4 is 23.1 Å². The Kier molecular flexibility index (Phi) is 7.04. The van der Waals surface area contributed by atoms with Crippen LogP contribution in [0.3, 0.4) is 0 Å². The van der Waals surface area contributed by atoms with E-state index >= 15 is 0 Å². The summed E-state index contributed by atoms with van der Waals surface area (Å²) < 4.78 is 0. The third-order valence-electron chi connectivity index (χ3n) is 5.09. The van der Waals surface area contributed by atoms with Crippen LogP contribution in [0.2, 0.25) is 0 Å². The molecule has 0 radical (unpaired) electrons. The fourth-order valence-corrected chi connectivity index (χ4v) is 3.28. The van der Waals surface area contributed by atoms with E-state index in [0.717, 1.165) is 44.8 Å². The molecule has 2 N–H and O–H groups in total. The minimum absolute atomic E-state index is 0.227. The van der Waals surface area contributed by atoms with Crippen molar-refractivity contribution in [3.05, 3.63) is 41.9 Å². The summed E-state index contributed by atoms with van der Waals surface area (Å²) in [4.78, 5) is 26.1. The van der Waals surface area contributed by atoms with E-state index in [1.807, 2.05) is 12.1 Å². The molecule has 1 aromatic carbocycles. The maximum Gasteiger partial charge on any atom is 0.274 e. The molecule has 29 heavy (non-hydrogen) atoms. The van der Waals surface area contributed by atoms with Crippen molar-refractivity contribution in [1.82, 2.24) is 14.9 Å². The molecule has 0 bridgehead atoms. The molecule has 1 aromatic heterocycles. The molecule has 0 atom stereocenters. The molecule has 7 nitrogen and oxygen atoms in total. The Morgan fingerprint density at radius 2 is 1.79 bits per heavy atom. The third kappa shape index (κ3) is 6.15. The van der Waals surface area contributed by atoms with E-state index in [2.05, 4.69) is 63.4 Å². The number of nitrogens with one attached hydrogen (secondary N) is 2. The van der Waals surface area contributed by atoms with Gasteiger partial charge in [-0.1, -0.05) is 13.8 Å². The third-order valence-corrected chi connectivity index (χ3v) is 5.09. The fraction of sp³-hybridized carbons (Fsp3) is 0.500. The maximum atomic E-state index is 12.7. The Balaban J connectivity index is 1.61. The van der Waals surface area contributed by atoms with Gasteiger partial charge in [-0.15, -0.1) is 0 Å². The number of aryl methyl sites for hydroxylation is 1. The van der Waals surface area contributed by atoms with Crippen molar-refractivity contribution in [3.63, 3.8) is 0 Å². The Labute approximate surface area is 173 Å². The van der Waals surface area contributed by atoms with E-state index in [4.69, 9.17) is 0 Å². The van der Waals surface area contributed by atoms with Gasteiger partial charge in [0, 0.05) is 50.2 Å². The number of piperazine rings is 1. The van der Waals surface area contributed by atoms with Crippen LogP contribution in [0.5, 0.6) is 0 Å². The van der Waals surface area contributed by atoms with Crippen molar-refractivity contribution in [2.45, 2.75) is 27.2 Å². The molecule has 156 valence electrons. The second kappa shape index (κ2) is 9.69. The first kappa shape index (κ1) is 21.0. The zero-order chi connectivity index (χ0) is 20.8. The van der Waals surface area contributed by atoms with Crippen molar-refractivity contribution < 1.29 is 4.79 Å². The number of rotatable bonds is 7. The molecule has 0 saturated carbocycles. The predicted molar refractivity (Wildman–Crippen MR) is 119 cm³/mol.